The largest absolute Gasteiger partial charge is 0.378 e. The van der Waals surface area contributed by atoms with Gasteiger partial charge < -0.3 is 14.6 Å². The highest BCUT2D eigenvalue weighted by Gasteiger charge is 2.22. The number of hydrogen-bond acceptors (Lipinski definition) is 4. The van der Waals surface area contributed by atoms with Gasteiger partial charge in [-0.3, -0.25) is 14.2 Å². The summed E-state index contributed by atoms with van der Waals surface area (Å²) in [5.74, 6) is 0.0596. The Morgan fingerprint density at radius 3 is 2.76 bits per heavy atom. The number of rotatable bonds is 5. The Hall–Kier alpha value is -1.99. The number of carbonyl (C=O) groups excluding carboxylic acids is 1. The first-order valence-corrected chi connectivity index (χ1v) is 9.12. The molecule has 0 aliphatic carbocycles. The van der Waals surface area contributed by atoms with Gasteiger partial charge in [0, 0.05) is 32.7 Å². The summed E-state index contributed by atoms with van der Waals surface area (Å²) in [6.07, 6.45) is 2.27. The molecular weight excluding hydrogens is 338 g/mol. The van der Waals surface area contributed by atoms with E-state index < -0.39 is 0 Å². The van der Waals surface area contributed by atoms with Crippen LogP contribution in [0.5, 0.6) is 0 Å². The average molecular weight is 361 g/mol. The molecule has 7 heteroatoms. The van der Waals surface area contributed by atoms with E-state index in [-0.39, 0.29) is 24.0 Å². The zero-order chi connectivity index (χ0) is 17.8. The van der Waals surface area contributed by atoms with Crippen molar-refractivity contribution in [3.63, 3.8) is 0 Å². The third-order valence-electron chi connectivity index (χ3n) is 4.64. The van der Waals surface area contributed by atoms with Crippen LogP contribution in [0, 0.1) is 4.77 Å². The number of carbonyl (C=O) groups is 1. The van der Waals surface area contributed by atoms with Gasteiger partial charge in [0.15, 0.2) is 4.77 Å². The molecule has 1 aromatic carbocycles. The maximum absolute atomic E-state index is 12.6. The summed E-state index contributed by atoms with van der Waals surface area (Å²) in [5, 5.41) is 0.584. The van der Waals surface area contributed by atoms with Gasteiger partial charge >= 0.3 is 0 Å². The Balaban J connectivity index is 1.66. The molecule has 0 unspecified atom stereocenters. The predicted molar refractivity (Wildman–Crippen MR) is 99.2 cm³/mol. The lowest BCUT2D eigenvalue weighted by Crippen LogP contribution is -2.41. The average Bonchev–Trinajstić information content (AvgIpc) is 2.62. The van der Waals surface area contributed by atoms with E-state index in [1.807, 2.05) is 30.0 Å². The second kappa shape index (κ2) is 7.93. The molecule has 1 aliphatic heterocycles. The minimum Gasteiger partial charge on any atom is -0.378 e. The molecule has 0 saturated carbocycles. The maximum Gasteiger partial charge on any atom is 0.262 e. The number of amides is 1. The van der Waals surface area contributed by atoms with Crippen molar-refractivity contribution >= 4 is 29.0 Å². The van der Waals surface area contributed by atoms with E-state index in [2.05, 4.69) is 4.98 Å². The molecule has 2 heterocycles. The van der Waals surface area contributed by atoms with Crippen molar-refractivity contribution in [2.45, 2.75) is 38.8 Å². The summed E-state index contributed by atoms with van der Waals surface area (Å²) >= 11 is 5.29. The van der Waals surface area contributed by atoms with E-state index >= 15 is 0 Å². The molecule has 1 aromatic heterocycles. The van der Waals surface area contributed by atoms with E-state index in [1.54, 1.807) is 6.07 Å². The quantitative estimate of drug-likeness (QED) is 0.831. The van der Waals surface area contributed by atoms with Crippen molar-refractivity contribution in [2.24, 2.45) is 0 Å². The lowest BCUT2D eigenvalue weighted by atomic mass is 10.1. The van der Waals surface area contributed by atoms with Crippen LogP contribution in [0.1, 0.15) is 26.2 Å². The Labute approximate surface area is 151 Å². The number of para-hydroxylation sites is 1. The van der Waals surface area contributed by atoms with E-state index in [0.717, 1.165) is 18.4 Å². The third kappa shape index (κ3) is 3.99. The second-order valence-electron chi connectivity index (χ2n) is 6.22. The minimum absolute atomic E-state index is 0.0596. The summed E-state index contributed by atoms with van der Waals surface area (Å²) in [4.78, 5) is 29.9. The summed E-state index contributed by atoms with van der Waals surface area (Å²) < 4.78 is 7.44. The first-order valence-electron chi connectivity index (χ1n) is 8.71. The van der Waals surface area contributed by atoms with Gasteiger partial charge in [-0.1, -0.05) is 12.1 Å². The van der Waals surface area contributed by atoms with E-state index in [1.165, 1.54) is 4.57 Å². The third-order valence-corrected chi connectivity index (χ3v) is 4.96. The van der Waals surface area contributed by atoms with E-state index in [0.29, 0.717) is 36.4 Å². The molecule has 0 spiro atoms. The van der Waals surface area contributed by atoms with Crippen LogP contribution in [0.25, 0.3) is 10.9 Å². The number of nitrogens with one attached hydrogen (secondary N) is 1. The van der Waals surface area contributed by atoms with Crippen LogP contribution >= 0.6 is 12.2 Å². The Kier molecular flexibility index (Phi) is 5.65. The fourth-order valence-electron chi connectivity index (χ4n) is 3.28. The molecule has 0 atom stereocenters. The van der Waals surface area contributed by atoms with Crippen molar-refractivity contribution in [1.29, 1.82) is 0 Å². The molecule has 0 radical (unpaired) electrons. The number of hydrogen-bond donors (Lipinski definition) is 1. The Morgan fingerprint density at radius 2 is 2.04 bits per heavy atom. The fraction of sp³-hybridized carbons (Fsp3) is 0.500. The molecule has 1 aliphatic rings. The van der Waals surface area contributed by atoms with Gasteiger partial charge in [0.1, 0.15) is 0 Å². The lowest BCUT2D eigenvalue weighted by Gasteiger charge is -2.31. The molecule has 1 fully saturated rings. The van der Waals surface area contributed by atoms with E-state index in [9.17, 15) is 9.59 Å². The maximum atomic E-state index is 12.6. The van der Waals surface area contributed by atoms with Crippen molar-refractivity contribution in [3.8, 4) is 0 Å². The molecule has 1 saturated heterocycles. The van der Waals surface area contributed by atoms with Crippen LogP contribution in [0.15, 0.2) is 29.1 Å². The Morgan fingerprint density at radius 1 is 1.32 bits per heavy atom. The number of H-pyrrole nitrogens is 1. The topological polar surface area (TPSA) is 67.3 Å². The van der Waals surface area contributed by atoms with Crippen LogP contribution < -0.4 is 5.56 Å². The van der Waals surface area contributed by atoms with Crippen LogP contribution in [0.4, 0.5) is 0 Å². The summed E-state index contributed by atoms with van der Waals surface area (Å²) in [6.45, 7) is 4.42. The number of benzene rings is 1. The number of likely N-dealkylation sites (tertiary alicyclic amines) is 1. The van der Waals surface area contributed by atoms with Crippen LogP contribution in [-0.2, 0) is 16.1 Å². The Bertz CT molecular complexity index is 866. The molecule has 3 rings (SSSR count). The fourth-order valence-corrected chi connectivity index (χ4v) is 3.56. The van der Waals surface area contributed by atoms with Gasteiger partial charge in [-0.2, -0.15) is 0 Å². The smallest absolute Gasteiger partial charge is 0.262 e. The predicted octanol–water partition coefficient (Wildman–Crippen LogP) is 2.48. The van der Waals surface area contributed by atoms with Gasteiger partial charge in [-0.25, -0.2) is 0 Å². The number of ether oxygens (including phenoxy) is 1. The molecule has 0 bridgehead atoms. The summed E-state index contributed by atoms with van der Waals surface area (Å²) in [5.41, 5.74) is 0.570. The van der Waals surface area contributed by atoms with E-state index in [4.69, 9.17) is 17.0 Å². The number of nitrogens with zero attached hydrogens (tertiary/aromatic N) is 2. The minimum atomic E-state index is -0.151. The van der Waals surface area contributed by atoms with Crippen molar-refractivity contribution in [1.82, 2.24) is 14.5 Å². The van der Waals surface area contributed by atoms with Crippen molar-refractivity contribution in [2.75, 3.05) is 19.7 Å². The van der Waals surface area contributed by atoms with Gasteiger partial charge in [-0.15, -0.1) is 0 Å². The highest BCUT2D eigenvalue weighted by atomic mass is 32.1. The first kappa shape index (κ1) is 17.8. The number of piperidine rings is 1. The number of fused-ring (bicyclic) bond motifs is 1. The molecular formula is C18H23N3O3S. The molecule has 6 nitrogen and oxygen atoms in total. The second-order valence-corrected chi connectivity index (χ2v) is 6.60. The molecule has 1 N–H and O–H groups in total. The highest BCUT2D eigenvalue weighted by molar-refractivity contribution is 7.71. The van der Waals surface area contributed by atoms with Crippen LogP contribution in [-0.4, -0.2) is 46.2 Å². The molecule has 1 amide bonds. The number of aromatic nitrogens is 2. The number of aromatic amines is 1. The van der Waals surface area contributed by atoms with Crippen LogP contribution in [0.2, 0.25) is 0 Å². The lowest BCUT2D eigenvalue weighted by molar-refractivity contribution is -0.134. The molecule has 25 heavy (non-hydrogen) atoms. The SMILES string of the molecule is CCOC1CCN(C(=O)CCn2c(=S)[nH]c3ccccc3c2=O)CC1. The van der Waals surface area contributed by atoms with Crippen molar-refractivity contribution < 1.29 is 9.53 Å². The summed E-state index contributed by atoms with van der Waals surface area (Å²) in [7, 11) is 0. The first-order chi connectivity index (χ1) is 12.1. The summed E-state index contributed by atoms with van der Waals surface area (Å²) in [6, 6.07) is 7.26. The normalized spacial score (nSPS) is 15.6. The zero-order valence-corrected chi connectivity index (χ0v) is 15.2. The molecule has 134 valence electrons. The standard InChI is InChI=1S/C18H23N3O3S/c1-2-24-13-7-10-20(11-8-13)16(22)9-12-21-17(23)14-5-3-4-6-15(14)19-18(21)25/h3-6,13H,2,7-12H2,1H3,(H,19,25). The highest BCUT2D eigenvalue weighted by Crippen LogP contribution is 2.15. The van der Waals surface area contributed by atoms with Gasteiger partial charge in [-0.05, 0) is 44.1 Å². The van der Waals surface area contributed by atoms with Crippen LogP contribution in [0.3, 0.4) is 0 Å². The molecule has 2 aromatic rings. The van der Waals surface area contributed by atoms with Gasteiger partial charge in [0.05, 0.1) is 17.0 Å². The van der Waals surface area contributed by atoms with Crippen molar-refractivity contribution in [3.05, 3.63) is 39.4 Å². The monoisotopic (exact) mass is 361 g/mol. The zero-order valence-electron chi connectivity index (χ0n) is 14.4. The van der Waals surface area contributed by atoms with Gasteiger partial charge in [0.2, 0.25) is 5.91 Å². The van der Waals surface area contributed by atoms with Gasteiger partial charge in [0.25, 0.3) is 5.56 Å².